The molecule has 3 N–H and O–H groups in total. The molecule has 0 aliphatic rings. The molecule has 0 atom stereocenters. The molecule has 2 aromatic carbocycles. The van der Waals surface area contributed by atoms with Crippen molar-refractivity contribution in [1.82, 2.24) is 4.98 Å². The van der Waals surface area contributed by atoms with E-state index < -0.39 is 5.91 Å². The lowest BCUT2D eigenvalue weighted by Crippen LogP contribution is -2.21. The van der Waals surface area contributed by atoms with Crippen LogP contribution in [0.4, 0.5) is 5.13 Å². The second kappa shape index (κ2) is 6.86. The van der Waals surface area contributed by atoms with Crippen molar-refractivity contribution in [3.63, 3.8) is 0 Å². The molecule has 0 radical (unpaired) electrons. The highest BCUT2D eigenvalue weighted by Gasteiger charge is 2.15. The van der Waals surface area contributed by atoms with Crippen LogP contribution in [0.3, 0.4) is 0 Å². The van der Waals surface area contributed by atoms with Gasteiger partial charge in [-0.05, 0) is 30.3 Å². The maximum absolute atomic E-state index is 12.5. The first kappa shape index (κ1) is 16.2. The fourth-order valence-corrected chi connectivity index (χ4v) is 3.18. The van der Waals surface area contributed by atoms with Crippen molar-refractivity contribution in [3.05, 3.63) is 53.1 Å². The number of carbonyl (C=O) groups excluding carboxylic acids is 2. The number of para-hydroxylation sites is 1. The predicted molar refractivity (Wildman–Crippen MR) is 93.7 cm³/mol. The molecule has 3 aromatic rings. The van der Waals surface area contributed by atoms with Crippen LogP contribution < -0.4 is 15.8 Å². The molecule has 8 heteroatoms. The summed E-state index contributed by atoms with van der Waals surface area (Å²) in [6.07, 6.45) is 0. The van der Waals surface area contributed by atoms with Crippen molar-refractivity contribution < 1.29 is 14.3 Å². The summed E-state index contributed by atoms with van der Waals surface area (Å²) in [5, 5.41) is 3.78. The number of nitrogens with two attached hydrogens (primary N) is 1. The zero-order valence-corrected chi connectivity index (χ0v) is 13.9. The van der Waals surface area contributed by atoms with Crippen LogP contribution in [0.25, 0.3) is 10.2 Å². The van der Waals surface area contributed by atoms with Gasteiger partial charge in [0, 0.05) is 5.02 Å². The minimum Gasteiger partial charge on any atom is -0.483 e. The van der Waals surface area contributed by atoms with Gasteiger partial charge in [-0.15, -0.1) is 0 Å². The Hall–Kier alpha value is -2.64. The van der Waals surface area contributed by atoms with Crippen molar-refractivity contribution in [2.75, 3.05) is 11.9 Å². The number of carbonyl (C=O) groups is 2. The molecule has 0 saturated heterocycles. The summed E-state index contributed by atoms with van der Waals surface area (Å²) in [4.78, 5) is 27.6. The molecule has 122 valence electrons. The van der Waals surface area contributed by atoms with Gasteiger partial charge >= 0.3 is 0 Å². The van der Waals surface area contributed by atoms with E-state index in [1.54, 1.807) is 42.5 Å². The van der Waals surface area contributed by atoms with Gasteiger partial charge in [-0.3, -0.25) is 14.9 Å². The molecule has 24 heavy (non-hydrogen) atoms. The first-order chi connectivity index (χ1) is 11.5. The van der Waals surface area contributed by atoms with Crippen molar-refractivity contribution in [3.8, 4) is 5.75 Å². The van der Waals surface area contributed by atoms with Crippen LogP contribution in [0.1, 0.15) is 10.4 Å². The number of hydrogen-bond donors (Lipinski definition) is 2. The minimum absolute atomic E-state index is 0.276. The normalized spacial score (nSPS) is 10.5. The maximum Gasteiger partial charge on any atom is 0.261 e. The van der Waals surface area contributed by atoms with Gasteiger partial charge in [0.25, 0.3) is 11.8 Å². The third kappa shape index (κ3) is 3.64. The molecular formula is C16H12ClN3O3S. The van der Waals surface area contributed by atoms with E-state index in [1.165, 1.54) is 11.3 Å². The van der Waals surface area contributed by atoms with Gasteiger partial charge in [-0.1, -0.05) is 35.1 Å². The Kier molecular flexibility index (Phi) is 4.64. The fraction of sp³-hybridized carbons (Fsp3) is 0.0625. The molecule has 0 unspecified atom stereocenters. The molecule has 0 aliphatic heterocycles. The Balaban J connectivity index is 1.82. The number of rotatable bonds is 5. The van der Waals surface area contributed by atoms with E-state index in [1.807, 2.05) is 0 Å². The summed E-state index contributed by atoms with van der Waals surface area (Å²) in [7, 11) is 0. The standard InChI is InChI=1S/C16H12ClN3O3S/c17-9-5-6-11-13(7-9)24-16(19-11)20-15(22)10-3-1-2-4-12(10)23-8-14(18)21/h1-7H,8H2,(H2,18,21)(H,19,20,22). The highest BCUT2D eigenvalue weighted by Crippen LogP contribution is 2.29. The van der Waals surface area contributed by atoms with E-state index in [2.05, 4.69) is 10.3 Å². The monoisotopic (exact) mass is 361 g/mol. The third-order valence-electron chi connectivity index (χ3n) is 3.07. The summed E-state index contributed by atoms with van der Waals surface area (Å²) in [6, 6.07) is 11.9. The average molecular weight is 362 g/mol. The highest BCUT2D eigenvalue weighted by atomic mass is 35.5. The molecule has 0 bridgehead atoms. The van der Waals surface area contributed by atoms with Gasteiger partial charge in [0.1, 0.15) is 5.75 Å². The minimum atomic E-state index is -0.617. The molecule has 3 rings (SSSR count). The molecule has 6 nitrogen and oxygen atoms in total. The number of nitrogens with zero attached hydrogens (tertiary/aromatic N) is 1. The molecule has 1 heterocycles. The number of halogens is 1. The lowest BCUT2D eigenvalue weighted by molar-refractivity contribution is -0.119. The van der Waals surface area contributed by atoms with Crippen LogP contribution in [-0.2, 0) is 4.79 Å². The van der Waals surface area contributed by atoms with Crippen LogP contribution in [0.5, 0.6) is 5.75 Å². The number of thiazole rings is 1. The van der Waals surface area contributed by atoms with Gasteiger partial charge < -0.3 is 10.5 Å². The summed E-state index contributed by atoms with van der Waals surface area (Å²) in [5.74, 6) is -0.730. The Morgan fingerprint density at radius 3 is 2.83 bits per heavy atom. The molecule has 1 aromatic heterocycles. The number of benzene rings is 2. The van der Waals surface area contributed by atoms with E-state index in [-0.39, 0.29) is 23.8 Å². The summed E-state index contributed by atoms with van der Waals surface area (Å²) < 4.78 is 6.13. The lowest BCUT2D eigenvalue weighted by atomic mass is 10.2. The maximum atomic E-state index is 12.5. The number of aromatic nitrogens is 1. The first-order valence-corrected chi connectivity index (χ1v) is 8.10. The molecule has 0 spiro atoms. The van der Waals surface area contributed by atoms with Crippen LogP contribution in [-0.4, -0.2) is 23.4 Å². The van der Waals surface area contributed by atoms with Crippen LogP contribution >= 0.6 is 22.9 Å². The van der Waals surface area contributed by atoms with E-state index in [9.17, 15) is 9.59 Å². The highest BCUT2D eigenvalue weighted by molar-refractivity contribution is 7.22. The second-order valence-corrected chi connectivity index (χ2v) is 6.30. The van der Waals surface area contributed by atoms with E-state index >= 15 is 0 Å². The van der Waals surface area contributed by atoms with E-state index in [0.717, 1.165) is 10.2 Å². The van der Waals surface area contributed by atoms with Crippen molar-refractivity contribution in [2.45, 2.75) is 0 Å². The van der Waals surface area contributed by atoms with Crippen molar-refractivity contribution in [2.24, 2.45) is 5.73 Å². The molecule has 0 fully saturated rings. The zero-order chi connectivity index (χ0) is 17.1. The summed E-state index contributed by atoms with van der Waals surface area (Å²) in [6.45, 7) is -0.302. The number of ether oxygens (including phenoxy) is 1. The average Bonchev–Trinajstić information content (AvgIpc) is 2.94. The van der Waals surface area contributed by atoms with Crippen LogP contribution in [0.2, 0.25) is 5.02 Å². The zero-order valence-electron chi connectivity index (χ0n) is 12.3. The topological polar surface area (TPSA) is 94.3 Å². The molecular weight excluding hydrogens is 350 g/mol. The van der Waals surface area contributed by atoms with E-state index in [0.29, 0.717) is 10.2 Å². The van der Waals surface area contributed by atoms with Crippen LogP contribution in [0, 0.1) is 0 Å². The number of fused-ring (bicyclic) bond motifs is 1. The van der Waals surface area contributed by atoms with Gasteiger partial charge in [0.15, 0.2) is 11.7 Å². The Morgan fingerprint density at radius 1 is 1.25 bits per heavy atom. The molecule has 2 amide bonds. The lowest BCUT2D eigenvalue weighted by Gasteiger charge is -2.09. The Labute approximate surface area is 146 Å². The largest absolute Gasteiger partial charge is 0.483 e. The second-order valence-electron chi connectivity index (χ2n) is 4.84. The number of anilines is 1. The SMILES string of the molecule is NC(=O)COc1ccccc1C(=O)Nc1nc2ccc(Cl)cc2s1. The van der Waals surface area contributed by atoms with Gasteiger partial charge in [-0.2, -0.15) is 0 Å². The van der Waals surface area contributed by atoms with Gasteiger partial charge in [0.2, 0.25) is 0 Å². The third-order valence-corrected chi connectivity index (χ3v) is 4.24. The fourth-order valence-electron chi connectivity index (χ4n) is 2.05. The Morgan fingerprint density at radius 2 is 2.04 bits per heavy atom. The molecule has 0 aliphatic carbocycles. The predicted octanol–water partition coefficient (Wildman–Crippen LogP) is 3.07. The van der Waals surface area contributed by atoms with Gasteiger partial charge in [0.05, 0.1) is 15.8 Å². The molecule has 0 saturated carbocycles. The van der Waals surface area contributed by atoms with Crippen LogP contribution in [0.15, 0.2) is 42.5 Å². The Bertz CT molecular complexity index is 926. The first-order valence-electron chi connectivity index (χ1n) is 6.90. The van der Waals surface area contributed by atoms with E-state index in [4.69, 9.17) is 22.1 Å². The smallest absolute Gasteiger partial charge is 0.261 e. The number of primary amides is 1. The number of amides is 2. The van der Waals surface area contributed by atoms with Gasteiger partial charge in [-0.25, -0.2) is 4.98 Å². The number of hydrogen-bond acceptors (Lipinski definition) is 5. The summed E-state index contributed by atoms with van der Waals surface area (Å²) >= 11 is 7.26. The number of nitrogens with one attached hydrogen (secondary N) is 1. The quantitative estimate of drug-likeness (QED) is 0.730. The van der Waals surface area contributed by atoms with Crippen molar-refractivity contribution >= 4 is 50.1 Å². The summed E-state index contributed by atoms with van der Waals surface area (Å²) in [5.41, 5.74) is 6.10. The van der Waals surface area contributed by atoms with Crippen molar-refractivity contribution in [1.29, 1.82) is 0 Å².